The molecule has 3 unspecified atom stereocenters. The van der Waals surface area contributed by atoms with Crippen LogP contribution in [0.1, 0.15) is 36.4 Å². The van der Waals surface area contributed by atoms with E-state index in [-0.39, 0.29) is 0 Å². The Morgan fingerprint density at radius 2 is 2.35 bits per heavy atom. The van der Waals surface area contributed by atoms with Crippen molar-refractivity contribution in [1.29, 1.82) is 0 Å². The molecule has 1 aliphatic heterocycles. The molecule has 2 heterocycles. The van der Waals surface area contributed by atoms with Crippen molar-refractivity contribution < 1.29 is 4.79 Å². The number of carbonyl (C=O) groups excluding carboxylic acids is 1. The molecule has 3 atom stereocenters. The lowest BCUT2D eigenvalue weighted by atomic mass is 9.98. The van der Waals surface area contributed by atoms with Crippen molar-refractivity contribution in [3.8, 4) is 0 Å². The standard InChI is InChI=1S/C15H23N3OS/c1-10-17-12(9-20-10)3-2-4-15(19)18-7-11-5-6-14(16)13(11)8-18/h9,11,13-14H,2-8,16H2,1H3. The maximum absolute atomic E-state index is 12.2. The Balaban J connectivity index is 1.44. The molecule has 1 amide bonds. The van der Waals surface area contributed by atoms with E-state index in [9.17, 15) is 4.79 Å². The Morgan fingerprint density at radius 3 is 3.05 bits per heavy atom. The molecule has 1 saturated carbocycles. The molecule has 4 nitrogen and oxygen atoms in total. The molecule has 2 N–H and O–H groups in total. The lowest BCUT2D eigenvalue weighted by Gasteiger charge is -2.18. The molecule has 2 aliphatic rings. The number of nitrogens with zero attached hydrogens (tertiary/aromatic N) is 2. The lowest BCUT2D eigenvalue weighted by Crippen LogP contribution is -2.33. The number of hydrogen-bond donors (Lipinski definition) is 1. The number of fused-ring (bicyclic) bond motifs is 1. The largest absolute Gasteiger partial charge is 0.342 e. The molecule has 20 heavy (non-hydrogen) atoms. The minimum atomic E-state index is 0.304. The van der Waals surface area contributed by atoms with Crippen molar-refractivity contribution in [1.82, 2.24) is 9.88 Å². The minimum Gasteiger partial charge on any atom is -0.342 e. The summed E-state index contributed by atoms with van der Waals surface area (Å²) in [5.74, 6) is 1.52. The first-order chi connectivity index (χ1) is 9.63. The fourth-order valence-electron chi connectivity index (χ4n) is 3.61. The highest BCUT2D eigenvalue weighted by atomic mass is 32.1. The zero-order valence-corrected chi connectivity index (χ0v) is 12.9. The van der Waals surface area contributed by atoms with Crippen LogP contribution in [-0.2, 0) is 11.2 Å². The first kappa shape index (κ1) is 14.0. The molecule has 1 aliphatic carbocycles. The van der Waals surface area contributed by atoms with Crippen LogP contribution in [0.3, 0.4) is 0 Å². The number of likely N-dealkylation sites (tertiary alicyclic amines) is 1. The number of carbonyl (C=O) groups is 1. The van der Waals surface area contributed by atoms with E-state index in [2.05, 4.69) is 10.4 Å². The SMILES string of the molecule is Cc1nc(CCCC(=O)N2CC3CCC(N)C3C2)cs1. The van der Waals surface area contributed by atoms with Crippen molar-refractivity contribution in [3.63, 3.8) is 0 Å². The van der Waals surface area contributed by atoms with Crippen molar-refractivity contribution in [3.05, 3.63) is 16.1 Å². The van der Waals surface area contributed by atoms with Crippen molar-refractivity contribution in [2.75, 3.05) is 13.1 Å². The number of aryl methyl sites for hydroxylation is 2. The van der Waals surface area contributed by atoms with Gasteiger partial charge < -0.3 is 10.6 Å². The molecule has 0 radical (unpaired) electrons. The molecule has 2 fully saturated rings. The minimum absolute atomic E-state index is 0.304. The van der Waals surface area contributed by atoms with Gasteiger partial charge in [0.25, 0.3) is 0 Å². The molecular formula is C15H23N3OS. The second-order valence-corrected chi connectivity index (χ2v) is 7.24. The summed E-state index contributed by atoms with van der Waals surface area (Å²) in [5.41, 5.74) is 7.24. The summed E-state index contributed by atoms with van der Waals surface area (Å²) in [5, 5.41) is 3.20. The maximum Gasteiger partial charge on any atom is 0.222 e. The normalized spacial score (nSPS) is 28.9. The Labute approximate surface area is 124 Å². The molecule has 5 heteroatoms. The maximum atomic E-state index is 12.2. The van der Waals surface area contributed by atoms with Crippen molar-refractivity contribution in [2.45, 2.75) is 45.1 Å². The summed E-state index contributed by atoms with van der Waals surface area (Å²) in [6.07, 6.45) is 4.80. The van der Waals surface area contributed by atoms with Crippen molar-refractivity contribution >= 4 is 17.2 Å². The molecule has 0 aromatic carbocycles. The number of hydrogen-bond acceptors (Lipinski definition) is 4. The molecule has 110 valence electrons. The third kappa shape index (κ3) is 2.88. The fourth-order valence-corrected chi connectivity index (χ4v) is 4.26. The first-order valence-corrected chi connectivity index (χ1v) is 8.46. The van der Waals surface area contributed by atoms with Crippen LogP contribution in [0.15, 0.2) is 5.38 Å². The summed E-state index contributed by atoms with van der Waals surface area (Å²) in [6.45, 7) is 3.85. The van der Waals surface area contributed by atoms with Crippen LogP contribution in [-0.4, -0.2) is 34.9 Å². The highest BCUT2D eigenvalue weighted by molar-refractivity contribution is 7.09. The van der Waals surface area contributed by atoms with Crippen LogP contribution in [0, 0.1) is 18.8 Å². The van der Waals surface area contributed by atoms with Crippen LogP contribution in [0.5, 0.6) is 0 Å². The Hall–Kier alpha value is -0.940. The van der Waals surface area contributed by atoms with Gasteiger partial charge >= 0.3 is 0 Å². The highest BCUT2D eigenvalue weighted by Crippen LogP contribution is 2.37. The predicted octanol–water partition coefficient (Wildman–Crippen LogP) is 1.97. The van der Waals surface area contributed by atoms with E-state index < -0.39 is 0 Å². The Morgan fingerprint density at radius 1 is 1.50 bits per heavy atom. The van der Waals surface area contributed by atoms with Gasteiger partial charge in [-0.15, -0.1) is 11.3 Å². The first-order valence-electron chi connectivity index (χ1n) is 7.58. The van der Waals surface area contributed by atoms with Gasteiger partial charge in [-0.3, -0.25) is 4.79 Å². The average molecular weight is 293 g/mol. The van der Waals surface area contributed by atoms with Crippen LogP contribution >= 0.6 is 11.3 Å². The topological polar surface area (TPSA) is 59.2 Å². The number of rotatable bonds is 4. The number of thiazole rings is 1. The summed E-state index contributed by atoms with van der Waals surface area (Å²) in [6, 6.07) is 0.316. The second-order valence-electron chi connectivity index (χ2n) is 6.18. The van der Waals surface area contributed by atoms with Gasteiger partial charge in [0, 0.05) is 30.9 Å². The summed E-state index contributed by atoms with van der Waals surface area (Å²) in [7, 11) is 0. The van der Waals surface area contributed by atoms with Crippen LogP contribution in [0.25, 0.3) is 0 Å². The van der Waals surface area contributed by atoms with E-state index >= 15 is 0 Å². The Kier molecular flexibility index (Phi) is 4.08. The van der Waals surface area contributed by atoms with E-state index in [1.54, 1.807) is 11.3 Å². The molecular weight excluding hydrogens is 270 g/mol. The van der Waals surface area contributed by atoms with Gasteiger partial charge in [-0.25, -0.2) is 4.98 Å². The van der Waals surface area contributed by atoms with E-state index in [4.69, 9.17) is 5.73 Å². The Bertz CT molecular complexity index is 487. The van der Waals surface area contributed by atoms with Crippen LogP contribution in [0.4, 0.5) is 0 Å². The van der Waals surface area contributed by atoms with Gasteiger partial charge in [0.2, 0.25) is 5.91 Å². The third-order valence-corrected chi connectivity index (χ3v) is 5.58. The molecule has 0 spiro atoms. The predicted molar refractivity (Wildman–Crippen MR) is 80.6 cm³/mol. The van der Waals surface area contributed by atoms with E-state index in [1.807, 2.05) is 11.8 Å². The number of nitrogens with two attached hydrogens (primary N) is 1. The smallest absolute Gasteiger partial charge is 0.222 e. The van der Waals surface area contributed by atoms with Gasteiger partial charge in [0.05, 0.1) is 10.7 Å². The number of amides is 1. The quantitative estimate of drug-likeness (QED) is 0.923. The summed E-state index contributed by atoms with van der Waals surface area (Å²) >= 11 is 1.68. The molecule has 1 saturated heterocycles. The molecule has 0 bridgehead atoms. The number of aromatic nitrogens is 1. The highest BCUT2D eigenvalue weighted by Gasteiger charge is 2.42. The summed E-state index contributed by atoms with van der Waals surface area (Å²) in [4.78, 5) is 18.7. The van der Waals surface area contributed by atoms with E-state index in [0.717, 1.165) is 43.1 Å². The van der Waals surface area contributed by atoms with Crippen LogP contribution < -0.4 is 5.73 Å². The van der Waals surface area contributed by atoms with Gasteiger partial charge in [-0.05, 0) is 44.4 Å². The lowest BCUT2D eigenvalue weighted by molar-refractivity contribution is -0.130. The van der Waals surface area contributed by atoms with E-state index in [1.165, 1.54) is 6.42 Å². The molecule has 1 aromatic heterocycles. The molecule has 3 rings (SSSR count). The average Bonchev–Trinajstić information content (AvgIpc) is 3.08. The second kappa shape index (κ2) is 5.82. The van der Waals surface area contributed by atoms with Crippen molar-refractivity contribution in [2.24, 2.45) is 17.6 Å². The van der Waals surface area contributed by atoms with Gasteiger partial charge in [0.1, 0.15) is 0 Å². The fraction of sp³-hybridized carbons (Fsp3) is 0.733. The van der Waals surface area contributed by atoms with E-state index in [0.29, 0.717) is 30.2 Å². The zero-order chi connectivity index (χ0) is 14.1. The van der Waals surface area contributed by atoms with Gasteiger partial charge in [-0.1, -0.05) is 0 Å². The summed E-state index contributed by atoms with van der Waals surface area (Å²) < 4.78 is 0. The molecule has 1 aromatic rings. The van der Waals surface area contributed by atoms with Gasteiger partial charge in [0.15, 0.2) is 0 Å². The zero-order valence-electron chi connectivity index (χ0n) is 12.0. The van der Waals surface area contributed by atoms with Gasteiger partial charge in [-0.2, -0.15) is 0 Å². The third-order valence-electron chi connectivity index (χ3n) is 4.76. The van der Waals surface area contributed by atoms with Crippen LogP contribution in [0.2, 0.25) is 0 Å². The monoisotopic (exact) mass is 293 g/mol.